The molecular weight excluding hydrogens is 250 g/mol. The average Bonchev–Trinajstić information content (AvgIpc) is 2.98. The van der Waals surface area contributed by atoms with E-state index >= 15 is 0 Å². The molecule has 1 atom stereocenters. The first kappa shape index (κ1) is 17.4. The van der Waals surface area contributed by atoms with Gasteiger partial charge in [-0.1, -0.05) is 26.7 Å². The topological polar surface area (TPSA) is 58.4 Å². The molecule has 0 spiro atoms. The smallest absolute Gasteiger partial charge is 0.237 e. The van der Waals surface area contributed by atoms with Crippen molar-refractivity contribution in [3.63, 3.8) is 0 Å². The SMILES string of the molecule is CCC(CC)NC(=O)C(C)N(CCCN)C1CCCC1. The molecule has 1 saturated carbocycles. The zero-order valence-corrected chi connectivity index (χ0v) is 13.5. The molecule has 118 valence electrons. The van der Waals surface area contributed by atoms with Gasteiger partial charge in [-0.05, 0) is 45.6 Å². The molecule has 4 heteroatoms. The molecule has 1 unspecified atom stereocenters. The summed E-state index contributed by atoms with van der Waals surface area (Å²) in [6, 6.07) is 0.846. The number of nitrogens with one attached hydrogen (secondary N) is 1. The lowest BCUT2D eigenvalue weighted by atomic mass is 10.1. The Morgan fingerprint density at radius 1 is 1.30 bits per heavy atom. The summed E-state index contributed by atoms with van der Waals surface area (Å²) >= 11 is 0. The number of rotatable bonds is 9. The molecule has 0 aliphatic heterocycles. The number of nitrogens with zero attached hydrogens (tertiary/aromatic N) is 1. The van der Waals surface area contributed by atoms with Gasteiger partial charge in [-0.25, -0.2) is 0 Å². The molecule has 0 heterocycles. The van der Waals surface area contributed by atoms with Crippen molar-refractivity contribution < 1.29 is 4.79 Å². The summed E-state index contributed by atoms with van der Waals surface area (Å²) in [4.78, 5) is 14.8. The molecule has 3 N–H and O–H groups in total. The van der Waals surface area contributed by atoms with Crippen LogP contribution in [0.4, 0.5) is 0 Å². The minimum atomic E-state index is -0.0368. The molecule has 1 aliphatic carbocycles. The fraction of sp³-hybridized carbons (Fsp3) is 0.938. The normalized spacial score (nSPS) is 17.9. The number of hydrogen-bond acceptors (Lipinski definition) is 3. The van der Waals surface area contributed by atoms with E-state index in [4.69, 9.17) is 5.73 Å². The Hall–Kier alpha value is -0.610. The lowest BCUT2D eigenvalue weighted by Gasteiger charge is -2.34. The van der Waals surface area contributed by atoms with Gasteiger partial charge in [0.15, 0.2) is 0 Å². The van der Waals surface area contributed by atoms with Crippen LogP contribution in [0.3, 0.4) is 0 Å². The highest BCUT2D eigenvalue weighted by molar-refractivity contribution is 5.81. The van der Waals surface area contributed by atoms with Crippen LogP contribution in [-0.4, -0.2) is 42.0 Å². The van der Waals surface area contributed by atoms with Gasteiger partial charge in [0, 0.05) is 18.6 Å². The fourth-order valence-corrected chi connectivity index (χ4v) is 3.17. The maximum atomic E-state index is 12.4. The number of carbonyl (C=O) groups is 1. The van der Waals surface area contributed by atoms with Gasteiger partial charge in [-0.2, -0.15) is 0 Å². The van der Waals surface area contributed by atoms with Crippen LogP contribution in [0.1, 0.15) is 65.7 Å². The van der Waals surface area contributed by atoms with Gasteiger partial charge in [-0.15, -0.1) is 0 Å². The quantitative estimate of drug-likeness (QED) is 0.682. The molecule has 0 aromatic heterocycles. The summed E-state index contributed by atoms with van der Waals surface area (Å²) in [5, 5.41) is 3.18. The average molecular weight is 283 g/mol. The Balaban J connectivity index is 2.60. The zero-order valence-electron chi connectivity index (χ0n) is 13.5. The predicted molar refractivity (Wildman–Crippen MR) is 84.6 cm³/mol. The lowest BCUT2D eigenvalue weighted by Crippen LogP contribution is -2.51. The van der Waals surface area contributed by atoms with E-state index in [1.165, 1.54) is 25.7 Å². The molecule has 1 fully saturated rings. The third kappa shape index (κ3) is 5.06. The molecule has 1 rings (SSSR count). The molecule has 4 nitrogen and oxygen atoms in total. The first-order chi connectivity index (χ1) is 9.63. The van der Waals surface area contributed by atoms with Gasteiger partial charge < -0.3 is 11.1 Å². The van der Waals surface area contributed by atoms with Gasteiger partial charge in [0.1, 0.15) is 0 Å². The van der Waals surface area contributed by atoms with Crippen LogP contribution >= 0.6 is 0 Å². The van der Waals surface area contributed by atoms with Crippen molar-refractivity contribution in [1.29, 1.82) is 0 Å². The van der Waals surface area contributed by atoms with Crippen molar-refractivity contribution in [3.8, 4) is 0 Å². The van der Waals surface area contributed by atoms with E-state index < -0.39 is 0 Å². The van der Waals surface area contributed by atoms with Gasteiger partial charge >= 0.3 is 0 Å². The molecule has 0 aromatic carbocycles. The van der Waals surface area contributed by atoms with Crippen molar-refractivity contribution >= 4 is 5.91 Å². The summed E-state index contributed by atoms with van der Waals surface area (Å²) in [6.07, 6.45) is 8.02. The molecule has 1 aliphatic rings. The second-order valence-corrected chi connectivity index (χ2v) is 6.02. The summed E-state index contributed by atoms with van der Waals surface area (Å²) in [7, 11) is 0. The number of hydrogen-bond donors (Lipinski definition) is 2. The largest absolute Gasteiger partial charge is 0.352 e. The minimum absolute atomic E-state index is 0.0368. The number of amides is 1. The van der Waals surface area contributed by atoms with Crippen LogP contribution in [0.2, 0.25) is 0 Å². The first-order valence-corrected chi connectivity index (χ1v) is 8.40. The molecule has 20 heavy (non-hydrogen) atoms. The standard InChI is InChI=1S/C16H33N3O/c1-4-14(5-2)18-16(20)13(3)19(12-8-11-17)15-9-6-7-10-15/h13-15H,4-12,17H2,1-3H3,(H,18,20). The Morgan fingerprint density at radius 3 is 2.40 bits per heavy atom. The minimum Gasteiger partial charge on any atom is -0.352 e. The van der Waals surface area contributed by atoms with Crippen LogP contribution in [0.5, 0.6) is 0 Å². The maximum absolute atomic E-state index is 12.4. The van der Waals surface area contributed by atoms with E-state index in [0.29, 0.717) is 18.6 Å². The third-order valence-electron chi connectivity index (χ3n) is 4.62. The molecule has 1 amide bonds. The van der Waals surface area contributed by atoms with Crippen LogP contribution in [0.15, 0.2) is 0 Å². The van der Waals surface area contributed by atoms with E-state index in [9.17, 15) is 4.79 Å². The summed E-state index contributed by atoms with van der Waals surface area (Å²) in [5.74, 6) is 0.183. The van der Waals surface area contributed by atoms with Crippen molar-refractivity contribution in [1.82, 2.24) is 10.2 Å². The van der Waals surface area contributed by atoms with Gasteiger partial charge in [-0.3, -0.25) is 9.69 Å². The van der Waals surface area contributed by atoms with E-state index in [-0.39, 0.29) is 11.9 Å². The predicted octanol–water partition coefficient (Wildman–Crippen LogP) is 2.27. The van der Waals surface area contributed by atoms with Crippen LogP contribution < -0.4 is 11.1 Å². The van der Waals surface area contributed by atoms with Crippen molar-refractivity contribution in [3.05, 3.63) is 0 Å². The van der Waals surface area contributed by atoms with Crippen LogP contribution in [0, 0.1) is 0 Å². The van der Waals surface area contributed by atoms with Crippen LogP contribution in [-0.2, 0) is 4.79 Å². The number of carbonyl (C=O) groups excluding carboxylic acids is 1. The monoisotopic (exact) mass is 283 g/mol. The van der Waals surface area contributed by atoms with E-state index in [1.807, 2.05) is 6.92 Å². The van der Waals surface area contributed by atoms with E-state index in [0.717, 1.165) is 25.8 Å². The Kier molecular flexibility index (Phi) is 8.15. The Bertz CT molecular complexity index is 273. The highest BCUT2D eigenvalue weighted by Gasteiger charge is 2.30. The molecule has 0 bridgehead atoms. The summed E-state index contributed by atoms with van der Waals surface area (Å²) in [5.41, 5.74) is 5.65. The van der Waals surface area contributed by atoms with Gasteiger partial charge in [0.2, 0.25) is 5.91 Å². The summed E-state index contributed by atoms with van der Waals surface area (Å²) in [6.45, 7) is 7.94. The van der Waals surface area contributed by atoms with Crippen LogP contribution in [0.25, 0.3) is 0 Å². The molecule has 0 saturated heterocycles. The van der Waals surface area contributed by atoms with Gasteiger partial charge in [0.05, 0.1) is 6.04 Å². The highest BCUT2D eigenvalue weighted by atomic mass is 16.2. The van der Waals surface area contributed by atoms with Crippen molar-refractivity contribution in [2.24, 2.45) is 5.73 Å². The third-order valence-corrected chi connectivity index (χ3v) is 4.62. The highest BCUT2D eigenvalue weighted by Crippen LogP contribution is 2.25. The van der Waals surface area contributed by atoms with Gasteiger partial charge in [0.25, 0.3) is 0 Å². The molecule has 0 aromatic rings. The number of nitrogens with two attached hydrogens (primary N) is 1. The van der Waals surface area contributed by atoms with Crippen molar-refractivity contribution in [2.45, 2.75) is 83.8 Å². The Labute approximate surface area is 124 Å². The van der Waals surface area contributed by atoms with Crippen molar-refractivity contribution in [2.75, 3.05) is 13.1 Å². The first-order valence-electron chi connectivity index (χ1n) is 8.40. The van der Waals surface area contributed by atoms with E-state index in [1.54, 1.807) is 0 Å². The lowest BCUT2D eigenvalue weighted by molar-refractivity contribution is -0.127. The summed E-state index contributed by atoms with van der Waals surface area (Å²) < 4.78 is 0. The fourth-order valence-electron chi connectivity index (χ4n) is 3.17. The molecule has 0 radical (unpaired) electrons. The zero-order chi connectivity index (χ0) is 15.0. The Morgan fingerprint density at radius 2 is 1.90 bits per heavy atom. The van der Waals surface area contributed by atoms with E-state index in [2.05, 4.69) is 24.1 Å². The second-order valence-electron chi connectivity index (χ2n) is 6.02. The molecular formula is C16H33N3O. The second kappa shape index (κ2) is 9.35. The maximum Gasteiger partial charge on any atom is 0.237 e.